The summed E-state index contributed by atoms with van der Waals surface area (Å²) in [5, 5.41) is 0. The fourth-order valence-electron chi connectivity index (χ4n) is 3.07. The quantitative estimate of drug-likeness (QED) is 0.625. The first kappa shape index (κ1) is 17.5. The Balaban J connectivity index is 2.33. The molecule has 1 aliphatic heterocycles. The molecule has 0 aromatic heterocycles. The maximum atomic E-state index is 12.3. The second-order valence-corrected chi connectivity index (χ2v) is 6.37. The van der Waals surface area contributed by atoms with Crippen LogP contribution in [0.3, 0.4) is 0 Å². The number of unbranched alkanes of at least 4 members (excludes halogenated alkanes) is 3. The van der Waals surface area contributed by atoms with Crippen molar-refractivity contribution in [2.24, 2.45) is 0 Å². The zero-order valence-corrected chi connectivity index (χ0v) is 13.7. The zero-order chi connectivity index (χ0) is 14.5. The van der Waals surface area contributed by atoms with Gasteiger partial charge in [0.25, 0.3) is 0 Å². The van der Waals surface area contributed by atoms with Crippen LogP contribution in [-0.4, -0.2) is 23.9 Å². The topological polar surface area (TPSA) is 20.3 Å². The Kier molecular flexibility index (Phi) is 10.7. The van der Waals surface area contributed by atoms with Gasteiger partial charge in [-0.15, -0.1) is 0 Å². The Morgan fingerprint density at radius 2 is 1.40 bits per heavy atom. The van der Waals surface area contributed by atoms with Crippen molar-refractivity contribution in [3.8, 4) is 0 Å². The summed E-state index contributed by atoms with van der Waals surface area (Å²) >= 11 is 0. The molecule has 1 heterocycles. The summed E-state index contributed by atoms with van der Waals surface area (Å²) in [5.41, 5.74) is 0. The van der Waals surface area contributed by atoms with E-state index in [1.165, 1.54) is 77.0 Å². The average molecular weight is 281 g/mol. The Bertz CT molecular complexity index is 240. The summed E-state index contributed by atoms with van der Waals surface area (Å²) in [5.74, 6) is 0.417. The number of rotatable bonds is 5. The molecule has 1 saturated heterocycles. The third-order valence-corrected chi connectivity index (χ3v) is 4.45. The van der Waals surface area contributed by atoms with Crippen molar-refractivity contribution in [3.63, 3.8) is 0 Å². The van der Waals surface area contributed by atoms with Crippen LogP contribution in [0, 0.1) is 0 Å². The third-order valence-electron chi connectivity index (χ3n) is 4.45. The normalized spacial score (nSPS) is 20.1. The summed E-state index contributed by atoms with van der Waals surface area (Å²) in [4.78, 5) is 14.5. The first-order valence-corrected chi connectivity index (χ1v) is 9.12. The molecule has 0 aromatic rings. The van der Waals surface area contributed by atoms with Crippen LogP contribution in [0.2, 0.25) is 0 Å². The van der Waals surface area contributed by atoms with Gasteiger partial charge in [0.15, 0.2) is 0 Å². The van der Waals surface area contributed by atoms with Crippen molar-refractivity contribution >= 4 is 5.91 Å². The van der Waals surface area contributed by atoms with E-state index < -0.39 is 0 Å². The van der Waals surface area contributed by atoms with Gasteiger partial charge in [-0.3, -0.25) is 4.79 Å². The van der Waals surface area contributed by atoms with Crippen LogP contribution in [0.15, 0.2) is 0 Å². The van der Waals surface area contributed by atoms with Crippen molar-refractivity contribution in [3.05, 3.63) is 0 Å². The molecule has 118 valence electrons. The average Bonchev–Trinajstić information content (AvgIpc) is 2.47. The molecule has 0 N–H and O–H groups in total. The predicted octanol–water partition coefficient (Wildman–Crippen LogP) is 5.31. The fourth-order valence-corrected chi connectivity index (χ4v) is 3.07. The van der Waals surface area contributed by atoms with E-state index in [-0.39, 0.29) is 0 Å². The van der Waals surface area contributed by atoms with Gasteiger partial charge in [0.2, 0.25) is 5.91 Å². The molecule has 1 amide bonds. The molecule has 0 atom stereocenters. The minimum absolute atomic E-state index is 0.417. The van der Waals surface area contributed by atoms with Crippen LogP contribution in [0.1, 0.15) is 96.8 Å². The standard InChI is InChI=1S/C18H35NO/c1-2-3-4-13-16-19-17-14-11-9-7-5-6-8-10-12-15-18(19)20/h2-17H2,1H3. The lowest BCUT2D eigenvalue weighted by atomic mass is 10.1. The molecule has 0 aromatic carbocycles. The molecule has 0 unspecified atom stereocenters. The van der Waals surface area contributed by atoms with Gasteiger partial charge in [0.05, 0.1) is 0 Å². The van der Waals surface area contributed by atoms with E-state index in [1.807, 2.05) is 0 Å². The van der Waals surface area contributed by atoms with Crippen LogP contribution in [0.5, 0.6) is 0 Å². The molecule has 0 aliphatic carbocycles. The number of hydrogen-bond acceptors (Lipinski definition) is 1. The molecule has 20 heavy (non-hydrogen) atoms. The van der Waals surface area contributed by atoms with Crippen molar-refractivity contribution in [1.29, 1.82) is 0 Å². The minimum atomic E-state index is 0.417. The van der Waals surface area contributed by atoms with Crippen LogP contribution in [0.25, 0.3) is 0 Å². The molecule has 2 nitrogen and oxygen atoms in total. The van der Waals surface area contributed by atoms with Gasteiger partial charge in [-0.25, -0.2) is 0 Å². The van der Waals surface area contributed by atoms with E-state index in [1.54, 1.807) is 0 Å². The first-order chi connectivity index (χ1) is 9.84. The van der Waals surface area contributed by atoms with Crippen molar-refractivity contribution in [1.82, 2.24) is 4.90 Å². The lowest BCUT2D eigenvalue weighted by Gasteiger charge is -2.23. The summed E-state index contributed by atoms with van der Waals surface area (Å²) in [7, 11) is 0. The maximum Gasteiger partial charge on any atom is 0.222 e. The Hall–Kier alpha value is -0.530. The van der Waals surface area contributed by atoms with Gasteiger partial charge in [-0.1, -0.05) is 71.1 Å². The molecule has 0 bridgehead atoms. The third kappa shape index (κ3) is 8.60. The summed E-state index contributed by atoms with van der Waals surface area (Å²) in [6.45, 7) is 4.24. The molecular formula is C18H35NO. The first-order valence-electron chi connectivity index (χ1n) is 9.12. The van der Waals surface area contributed by atoms with Crippen molar-refractivity contribution < 1.29 is 4.79 Å². The van der Waals surface area contributed by atoms with Gasteiger partial charge in [-0.05, 0) is 19.3 Å². The molecule has 0 radical (unpaired) electrons. The van der Waals surface area contributed by atoms with Gasteiger partial charge in [0.1, 0.15) is 0 Å². The summed E-state index contributed by atoms with van der Waals surface area (Å²) < 4.78 is 0. The monoisotopic (exact) mass is 281 g/mol. The second-order valence-electron chi connectivity index (χ2n) is 6.37. The van der Waals surface area contributed by atoms with Gasteiger partial charge >= 0.3 is 0 Å². The van der Waals surface area contributed by atoms with Gasteiger partial charge < -0.3 is 4.90 Å². The number of carbonyl (C=O) groups excluding carboxylic acids is 1. The lowest BCUT2D eigenvalue weighted by Crippen LogP contribution is -2.32. The largest absolute Gasteiger partial charge is 0.343 e. The maximum absolute atomic E-state index is 12.3. The van der Waals surface area contributed by atoms with Crippen LogP contribution in [0.4, 0.5) is 0 Å². The van der Waals surface area contributed by atoms with E-state index in [9.17, 15) is 4.79 Å². The zero-order valence-electron chi connectivity index (χ0n) is 13.7. The molecule has 1 fully saturated rings. The smallest absolute Gasteiger partial charge is 0.222 e. The van der Waals surface area contributed by atoms with Crippen LogP contribution < -0.4 is 0 Å². The predicted molar refractivity (Wildman–Crippen MR) is 86.9 cm³/mol. The lowest BCUT2D eigenvalue weighted by molar-refractivity contribution is -0.131. The van der Waals surface area contributed by atoms with E-state index in [0.29, 0.717) is 5.91 Å². The SMILES string of the molecule is CCCCCCN1CCCCCCCCCCCC1=O. The molecule has 1 aliphatic rings. The Morgan fingerprint density at radius 1 is 0.800 bits per heavy atom. The Labute approximate surface area is 126 Å². The van der Waals surface area contributed by atoms with E-state index >= 15 is 0 Å². The number of hydrogen-bond donors (Lipinski definition) is 0. The highest BCUT2D eigenvalue weighted by atomic mass is 16.2. The minimum Gasteiger partial charge on any atom is -0.343 e. The van der Waals surface area contributed by atoms with Crippen molar-refractivity contribution in [2.45, 2.75) is 96.8 Å². The summed E-state index contributed by atoms with van der Waals surface area (Å²) in [6.07, 6.45) is 17.5. The molecule has 1 rings (SSSR count). The highest BCUT2D eigenvalue weighted by Crippen LogP contribution is 2.14. The summed E-state index contributed by atoms with van der Waals surface area (Å²) in [6, 6.07) is 0. The van der Waals surface area contributed by atoms with E-state index in [4.69, 9.17) is 0 Å². The number of nitrogens with zero attached hydrogens (tertiary/aromatic N) is 1. The van der Waals surface area contributed by atoms with Crippen LogP contribution in [-0.2, 0) is 4.79 Å². The van der Waals surface area contributed by atoms with E-state index in [0.717, 1.165) is 25.9 Å². The molecule has 2 heteroatoms. The fraction of sp³-hybridized carbons (Fsp3) is 0.944. The van der Waals surface area contributed by atoms with Crippen molar-refractivity contribution in [2.75, 3.05) is 13.1 Å². The Morgan fingerprint density at radius 3 is 2.05 bits per heavy atom. The van der Waals surface area contributed by atoms with Gasteiger partial charge in [-0.2, -0.15) is 0 Å². The molecule has 0 spiro atoms. The highest BCUT2D eigenvalue weighted by Gasteiger charge is 2.12. The van der Waals surface area contributed by atoms with Crippen LogP contribution >= 0.6 is 0 Å². The molecular weight excluding hydrogens is 246 g/mol. The number of carbonyl (C=O) groups is 1. The molecule has 0 saturated carbocycles. The number of amides is 1. The second kappa shape index (κ2) is 12.2. The highest BCUT2D eigenvalue weighted by molar-refractivity contribution is 5.76. The van der Waals surface area contributed by atoms with E-state index in [2.05, 4.69) is 11.8 Å². The van der Waals surface area contributed by atoms with Gasteiger partial charge in [0, 0.05) is 19.5 Å².